The number of amides is 1. The topological polar surface area (TPSA) is 32.8 Å². The van der Waals surface area contributed by atoms with E-state index in [0.717, 1.165) is 56.3 Å². The maximum Gasteiger partial charge on any atom is 0.282 e. The number of rotatable bonds is 7. The van der Waals surface area contributed by atoms with Crippen LogP contribution < -0.4 is 4.74 Å². The van der Waals surface area contributed by atoms with Gasteiger partial charge in [0.2, 0.25) is 0 Å². The Hall–Kier alpha value is -0.910. The van der Waals surface area contributed by atoms with E-state index >= 15 is 0 Å². The summed E-state index contributed by atoms with van der Waals surface area (Å²) in [4.78, 5) is 16.5. The van der Waals surface area contributed by atoms with Crippen LogP contribution in [0.2, 0.25) is 5.02 Å². The Balaban J connectivity index is 1.45. The van der Waals surface area contributed by atoms with E-state index in [1.165, 1.54) is 30.2 Å². The SMILES string of the molecule is CCCN1CC(CN2CCC(Cc3cc(OC)ccc3Cl)CC2)SC1=O. The second-order valence-electron chi connectivity index (χ2n) is 7.36. The molecule has 3 rings (SSSR count). The summed E-state index contributed by atoms with van der Waals surface area (Å²) in [7, 11) is 1.69. The molecule has 0 aromatic heterocycles. The van der Waals surface area contributed by atoms with Crippen LogP contribution in [0.25, 0.3) is 0 Å². The highest BCUT2D eigenvalue weighted by Gasteiger charge is 2.32. The van der Waals surface area contributed by atoms with Gasteiger partial charge in [-0.3, -0.25) is 4.79 Å². The largest absolute Gasteiger partial charge is 0.497 e. The molecule has 1 amide bonds. The number of piperidine rings is 1. The smallest absolute Gasteiger partial charge is 0.282 e. The van der Waals surface area contributed by atoms with Gasteiger partial charge in [-0.05, 0) is 68.5 Å². The molecule has 0 radical (unpaired) electrons. The van der Waals surface area contributed by atoms with Crippen molar-refractivity contribution in [2.75, 3.05) is 39.8 Å². The molecule has 144 valence electrons. The van der Waals surface area contributed by atoms with Gasteiger partial charge in [0.05, 0.1) is 7.11 Å². The molecule has 0 aliphatic carbocycles. The number of hydrogen-bond donors (Lipinski definition) is 0. The molecule has 2 saturated heterocycles. The van der Waals surface area contributed by atoms with Gasteiger partial charge in [0, 0.05) is 29.9 Å². The predicted molar refractivity (Wildman–Crippen MR) is 110 cm³/mol. The third-order valence-corrected chi connectivity index (χ3v) is 6.83. The summed E-state index contributed by atoms with van der Waals surface area (Å²) < 4.78 is 5.32. The summed E-state index contributed by atoms with van der Waals surface area (Å²) >= 11 is 7.89. The highest BCUT2D eigenvalue weighted by atomic mass is 35.5. The van der Waals surface area contributed by atoms with E-state index in [9.17, 15) is 4.79 Å². The van der Waals surface area contributed by atoms with E-state index in [1.54, 1.807) is 7.11 Å². The molecule has 1 unspecified atom stereocenters. The van der Waals surface area contributed by atoms with E-state index in [1.807, 2.05) is 17.0 Å². The van der Waals surface area contributed by atoms with Crippen LogP contribution in [0.15, 0.2) is 18.2 Å². The Labute approximate surface area is 166 Å². The van der Waals surface area contributed by atoms with Crippen LogP contribution in [0.4, 0.5) is 4.79 Å². The molecule has 0 N–H and O–H groups in total. The predicted octanol–water partition coefficient (Wildman–Crippen LogP) is 4.55. The van der Waals surface area contributed by atoms with Crippen molar-refractivity contribution in [3.8, 4) is 5.75 Å². The Kier molecular flexibility index (Phi) is 7.12. The first-order chi connectivity index (χ1) is 12.6. The van der Waals surface area contributed by atoms with Crippen LogP contribution in [0.1, 0.15) is 31.7 Å². The molecule has 4 nitrogen and oxygen atoms in total. The van der Waals surface area contributed by atoms with E-state index in [0.29, 0.717) is 11.2 Å². The summed E-state index contributed by atoms with van der Waals surface area (Å²) in [5.74, 6) is 1.55. The monoisotopic (exact) mass is 396 g/mol. The van der Waals surface area contributed by atoms with Gasteiger partial charge >= 0.3 is 0 Å². The lowest BCUT2D eigenvalue weighted by Crippen LogP contribution is -2.39. The molecule has 2 aliphatic heterocycles. The first-order valence-corrected chi connectivity index (χ1v) is 10.8. The van der Waals surface area contributed by atoms with Crippen LogP contribution in [-0.2, 0) is 6.42 Å². The van der Waals surface area contributed by atoms with Crippen molar-refractivity contribution in [1.29, 1.82) is 0 Å². The molecule has 0 spiro atoms. The lowest BCUT2D eigenvalue weighted by Gasteiger charge is -2.33. The van der Waals surface area contributed by atoms with Gasteiger partial charge in [0.15, 0.2) is 0 Å². The molecule has 2 fully saturated rings. The minimum absolute atomic E-state index is 0.263. The molecule has 1 aromatic rings. The summed E-state index contributed by atoms with van der Waals surface area (Å²) in [6.45, 7) is 7.20. The fourth-order valence-electron chi connectivity index (χ4n) is 3.93. The minimum atomic E-state index is 0.263. The molecular weight excluding hydrogens is 368 g/mol. The van der Waals surface area contributed by atoms with Gasteiger partial charge in [0.1, 0.15) is 5.75 Å². The quantitative estimate of drug-likeness (QED) is 0.676. The standard InChI is InChI=1S/C20H29ClN2O2S/c1-3-8-23-14-18(26-20(23)24)13-22-9-6-15(7-10-22)11-16-12-17(25-2)4-5-19(16)21/h4-5,12,15,18H,3,6-11,13-14H2,1-2H3. The summed E-state index contributed by atoms with van der Waals surface area (Å²) in [5.41, 5.74) is 1.19. The summed E-state index contributed by atoms with van der Waals surface area (Å²) in [5, 5.41) is 1.53. The Bertz CT molecular complexity index is 620. The van der Waals surface area contributed by atoms with Gasteiger partial charge in [0.25, 0.3) is 5.24 Å². The van der Waals surface area contributed by atoms with Crippen molar-refractivity contribution in [3.05, 3.63) is 28.8 Å². The highest BCUT2D eigenvalue weighted by molar-refractivity contribution is 8.14. The van der Waals surface area contributed by atoms with Gasteiger partial charge in [-0.2, -0.15) is 0 Å². The number of nitrogens with zero attached hydrogens (tertiary/aromatic N) is 2. The number of hydrogen-bond acceptors (Lipinski definition) is 4. The van der Waals surface area contributed by atoms with Crippen LogP contribution in [-0.4, -0.2) is 60.1 Å². The van der Waals surface area contributed by atoms with E-state index in [2.05, 4.69) is 17.9 Å². The van der Waals surface area contributed by atoms with Gasteiger partial charge < -0.3 is 14.5 Å². The fraction of sp³-hybridized carbons (Fsp3) is 0.650. The Morgan fingerprint density at radius 2 is 2.08 bits per heavy atom. The number of halogens is 1. The third-order valence-electron chi connectivity index (χ3n) is 5.37. The van der Waals surface area contributed by atoms with Crippen molar-refractivity contribution >= 4 is 28.6 Å². The fourth-order valence-corrected chi connectivity index (χ4v) is 5.26. The zero-order valence-corrected chi connectivity index (χ0v) is 17.3. The number of benzene rings is 1. The van der Waals surface area contributed by atoms with Crippen molar-refractivity contribution in [3.63, 3.8) is 0 Å². The lowest BCUT2D eigenvalue weighted by atomic mass is 9.90. The molecule has 1 aromatic carbocycles. The zero-order valence-electron chi connectivity index (χ0n) is 15.7. The van der Waals surface area contributed by atoms with Crippen LogP contribution in [0.5, 0.6) is 5.75 Å². The molecule has 0 bridgehead atoms. The Morgan fingerprint density at radius 1 is 1.31 bits per heavy atom. The van der Waals surface area contributed by atoms with Gasteiger partial charge in [-0.1, -0.05) is 30.3 Å². The minimum Gasteiger partial charge on any atom is -0.497 e. The highest BCUT2D eigenvalue weighted by Crippen LogP contribution is 2.30. The van der Waals surface area contributed by atoms with Crippen LogP contribution in [0, 0.1) is 5.92 Å². The second-order valence-corrected chi connectivity index (χ2v) is 9.02. The molecule has 0 saturated carbocycles. The number of thioether (sulfide) groups is 1. The lowest BCUT2D eigenvalue weighted by molar-refractivity contribution is 0.179. The van der Waals surface area contributed by atoms with Crippen molar-refractivity contribution < 1.29 is 9.53 Å². The molecule has 2 aliphatic rings. The van der Waals surface area contributed by atoms with Crippen LogP contribution in [0.3, 0.4) is 0 Å². The van der Waals surface area contributed by atoms with Crippen molar-refractivity contribution in [1.82, 2.24) is 9.80 Å². The average molecular weight is 397 g/mol. The Morgan fingerprint density at radius 3 is 2.77 bits per heavy atom. The van der Waals surface area contributed by atoms with Crippen molar-refractivity contribution in [2.24, 2.45) is 5.92 Å². The number of carbonyl (C=O) groups is 1. The number of methoxy groups -OCH3 is 1. The molecule has 1 atom stereocenters. The normalized spacial score (nSPS) is 22.2. The molecule has 6 heteroatoms. The van der Waals surface area contributed by atoms with Gasteiger partial charge in [-0.25, -0.2) is 0 Å². The van der Waals surface area contributed by atoms with Gasteiger partial charge in [-0.15, -0.1) is 0 Å². The number of ether oxygens (including phenoxy) is 1. The summed E-state index contributed by atoms with van der Waals surface area (Å²) in [6, 6.07) is 5.91. The number of likely N-dealkylation sites (tertiary alicyclic amines) is 1. The number of carbonyl (C=O) groups excluding carboxylic acids is 1. The molecular formula is C20H29ClN2O2S. The van der Waals surface area contributed by atoms with Crippen LogP contribution >= 0.6 is 23.4 Å². The maximum atomic E-state index is 12.0. The molecule has 2 heterocycles. The van der Waals surface area contributed by atoms with E-state index in [4.69, 9.17) is 16.3 Å². The first kappa shape index (κ1) is 19.8. The maximum absolute atomic E-state index is 12.0. The van der Waals surface area contributed by atoms with Crippen molar-refractivity contribution in [2.45, 2.75) is 37.9 Å². The zero-order chi connectivity index (χ0) is 18.5. The third kappa shape index (κ3) is 5.08. The first-order valence-electron chi connectivity index (χ1n) is 9.59. The van der Waals surface area contributed by atoms with E-state index < -0.39 is 0 Å². The second kappa shape index (κ2) is 9.34. The van der Waals surface area contributed by atoms with E-state index in [-0.39, 0.29) is 5.24 Å². The average Bonchev–Trinajstić information content (AvgIpc) is 2.98. The summed E-state index contributed by atoms with van der Waals surface area (Å²) in [6.07, 6.45) is 4.44. The molecule has 26 heavy (non-hydrogen) atoms.